The van der Waals surface area contributed by atoms with Gasteiger partial charge in [-0.2, -0.15) is 0 Å². The van der Waals surface area contributed by atoms with E-state index >= 15 is 0 Å². The van der Waals surface area contributed by atoms with Crippen LogP contribution in [0.3, 0.4) is 0 Å². The molecule has 1 fully saturated rings. The molecule has 4 N–H and O–H groups in total. The van der Waals surface area contributed by atoms with E-state index in [9.17, 15) is 18.7 Å². The van der Waals surface area contributed by atoms with Crippen molar-refractivity contribution in [2.75, 3.05) is 13.1 Å². The number of aliphatic hydroxyl groups excluding tert-OH is 1. The monoisotopic (exact) mass is 383 g/mol. The molecule has 2 aromatic rings. The molecule has 0 spiro atoms. The molecule has 0 bridgehead atoms. The minimum atomic E-state index is -1.69. The zero-order chi connectivity index (χ0) is 19.2. The maximum atomic E-state index is 15.0. The highest BCUT2D eigenvalue weighted by atomic mass is 35.5. The summed E-state index contributed by atoms with van der Waals surface area (Å²) >= 11 is 6.35. The van der Waals surface area contributed by atoms with Crippen molar-refractivity contribution < 1.29 is 18.7 Å². The average Bonchev–Trinajstić information content (AvgIpc) is 2.89. The standard InChI is InChI=1S/C18H20ClF2N3O2/c1-3-10(25)24-6-4-5-9(7-24)11-12-14(19)8(2)23-17(12)13(18(22)26)16(21)15(11)20/h3,9,18,23,26H,1,4-7,22H2,2H3. The minimum absolute atomic E-state index is 0.109. The molecule has 2 heterocycles. The second-order valence-electron chi connectivity index (χ2n) is 6.54. The molecule has 26 heavy (non-hydrogen) atoms. The summed E-state index contributed by atoms with van der Waals surface area (Å²) in [5.41, 5.74) is 5.89. The van der Waals surface area contributed by atoms with Gasteiger partial charge in [-0.05, 0) is 25.8 Å². The van der Waals surface area contributed by atoms with E-state index in [4.69, 9.17) is 17.3 Å². The fourth-order valence-electron chi connectivity index (χ4n) is 3.72. The van der Waals surface area contributed by atoms with Crippen LogP contribution >= 0.6 is 11.6 Å². The molecule has 0 radical (unpaired) electrons. The number of halogens is 3. The number of nitrogens with zero attached hydrogens (tertiary/aromatic N) is 1. The molecule has 140 valence electrons. The highest BCUT2D eigenvalue weighted by Gasteiger charge is 2.33. The van der Waals surface area contributed by atoms with Gasteiger partial charge < -0.3 is 20.7 Å². The van der Waals surface area contributed by atoms with Crippen LogP contribution in [0, 0.1) is 18.6 Å². The van der Waals surface area contributed by atoms with Crippen molar-refractivity contribution in [3.8, 4) is 0 Å². The van der Waals surface area contributed by atoms with Crippen LogP contribution in [0.5, 0.6) is 0 Å². The summed E-state index contributed by atoms with van der Waals surface area (Å²) in [5, 5.41) is 10.3. The molecule has 1 saturated heterocycles. The van der Waals surface area contributed by atoms with E-state index in [0.717, 1.165) is 0 Å². The first-order valence-corrected chi connectivity index (χ1v) is 8.69. The highest BCUT2D eigenvalue weighted by Crippen LogP contribution is 2.42. The van der Waals surface area contributed by atoms with Gasteiger partial charge in [0, 0.05) is 35.7 Å². The quantitative estimate of drug-likeness (QED) is 0.562. The number of amides is 1. The number of aryl methyl sites for hydroxylation is 1. The van der Waals surface area contributed by atoms with Crippen LogP contribution in [-0.2, 0) is 4.79 Å². The zero-order valence-electron chi connectivity index (χ0n) is 14.3. The number of aromatic amines is 1. The van der Waals surface area contributed by atoms with Crippen molar-refractivity contribution in [3.05, 3.63) is 46.1 Å². The van der Waals surface area contributed by atoms with Crippen molar-refractivity contribution in [2.45, 2.75) is 31.9 Å². The Morgan fingerprint density at radius 3 is 2.81 bits per heavy atom. The Morgan fingerprint density at radius 1 is 1.50 bits per heavy atom. The number of fused-ring (bicyclic) bond motifs is 1. The third kappa shape index (κ3) is 2.90. The van der Waals surface area contributed by atoms with Crippen molar-refractivity contribution >= 4 is 28.4 Å². The largest absolute Gasteiger partial charge is 0.374 e. The maximum absolute atomic E-state index is 15.0. The summed E-state index contributed by atoms with van der Waals surface area (Å²) in [5.74, 6) is -2.97. The molecule has 0 aliphatic carbocycles. The number of hydrogen-bond donors (Lipinski definition) is 3. The lowest BCUT2D eigenvalue weighted by molar-refractivity contribution is -0.127. The second kappa shape index (κ2) is 6.98. The summed E-state index contributed by atoms with van der Waals surface area (Å²) in [6.45, 7) is 5.91. The number of carbonyl (C=O) groups excluding carboxylic acids is 1. The Labute approximate surface area is 154 Å². The average molecular weight is 384 g/mol. The second-order valence-corrected chi connectivity index (χ2v) is 6.92. The number of nitrogens with two attached hydrogens (primary N) is 1. The van der Waals surface area contributed by atoms with Gasteiger partial charge in [0.1, 0.15) is 6.23 Å². The number of carbonyl (C=O) groups is 1. The molecule has 2 atom stereocenters. The number of H-pyrrole nitrogens is 1. The van der Waals surface area contributed by atoms with E-state index in [1.54, 1.807) is 11.8 Å². The lowest BCUT2D eigenvalue weighted by atomic mass is 9.86. The van der Waals surface area contributed by atoms with Crippen LogP contribution in [0.1, 0.15) is 41.8 Å². The summed E-state index contributed by atoms with van der Waals surface area (Å²) in [7, 11) is 0. The normalized spacial score (nSPS) is 19.0. The van der Waals surface area contributed by atoms with Crippen LogP contribution in [0.25, 0.3) is 10.9 Å². The van der Waals surface area contributed by atoms with Gasteiger partial charge in [0.2, 0.25) is 5.91 Å². The Balaban J connectivity index is 2.23. The summed E-state index contributed by atoms with van der Waals surface area (Å²) in [6.07, 6.45) is 0.739. The van der Waals surface area contributed by atoms with E-state index < -0.39 is 23.8 Å². The molecule has 1 aliphatic heterocycles. The number of aliphatic hydroxyl groups is 1. The lowest BCUT2D eigenvalue weighted by Crippen LogP contribution is -2.38. The zero-order valence-corrected chi connectivity index (χ0v) is 15.0. The molecule has 8 heteroatoms. The third-order valence-electron chi connectivity index (χ3n) is 4.93. The van der Waals surface area contributed by atoms with Crippen LogP contribution in [-0.4, -0.2) is 34.0 Å². The van der Waals surface area contributed by atoms with Crippen LogP contribution in [0.2, 0.25) is 5.02 Å². The molecular formula is C18H20ClF2N3O2. The molecule has 3 rings (SSSR count). The number of hydrogen-bond acceptors (Lipinski definition) is 3. The first-order chi connectivity index (χ1) is 12.3. The predicted molar refractivity (Wildman–Crippen MR) is 95.9 cm³/mol. The number of likely N-dealkylation sites (tertiary alicyclic amines) is 1. The Bertz CT molecular complexity index is 895. The minimum Gasteiger partial charge on any atom is -0.374 e. The first-order valence-electron chi connectivity index (χ1n) is 8.31. The van der Waals surface area contributed by atoms with Gasteiger partial charge in [-0.15, -0.1) is 0 Å². The predicted octanol–water partition coefficient (Wildman–Crippen LogP) is 3.25. The van der Waals surface area contributed by atoms with Gasteiger partial charge in [-0.1, -0.05) is 18.2 Å². The lowest BCUT2D eigenvalue weighted by Gasteiger charge is -2.33. The molecular weight excluding hydrogens is 364 g/mol. The number of rotatable bonds is 3. The van der Waals surface area contributed by atoms with Crippen molar-refractivity contribution in [1.82, 2.24) is 9.88 Å². The number of benzene rings is 1. The number of piperidine rings is 1. The Hall–Kier alpha value is -1.96. The molecule has 1 aromatic carbocycles. The van der Waals surface area contributed by atoms with E-state index in [2.05, 4.69) is 11.6 Å². The Kier molecular flexibility index (Phi) is 5.05. The first kappa shape index (κ1) is 18.8. The summed E-state index contributed by atoms with van der Waals surface area (Å²) in [4.78, 5) is 16.4. The molecule has 0 saturated carbocycles. The molecule has 5 nitrogen and oxygen atoms in total. The third-order valence-corrected chi connectivity index (χ3v) is 5.40. The van der Waals surface area contributed by atoms with Crippen LogP contribution in [0.15, 0.2) is 12.7 Å². The fraction of sp³-hybridized carbons (Fsp3) is 0.389. The highest BCUT2D eigenvalue weighted by molar-refractivity contribution is 6.36. The molecule has 1 aromatic heterocycles. The molecule has 1 aliphatic rings. The van der Waals surface area contributed by atoms with Crippen LogP contribution < -0.4 is 5.73 Å². The molecule has 2 unspecified atom stereocenters. The SMILES string of the molecule is C=CC(=O)N1CCCC(c2c(F)c(F)c(C(N)O)c3[nH]c(C)c(Cl)c23)C1. The van der Waals surface area contributed by atoms with Gasteiger partial charge in [-0.3, -0.25) is 4.79 Å². The van der Waals surface area contributed by atoms with E-state index in [0.29, 0.717) is 30.5 Å². The number of nitrogens with one attached hydrogen (secondary N) is 1. The topological polar surface area (TPSA) is 82.3 Å². The smallest absolute Gasteiger partial charge is 0.245 e. The maximum Gasteiger partial charge on any atom is 0.245 e. The van der Waals surface area contributed by atoms with Gasteiger partial charge >= 0.3 is 0 Å². The van der Waals surface area contributed by atoms with Crippen molar-refractivity contribution in [1.29, 1.82) is 0 Å². The number of aromatic nitrogens is 1. The summed E-state index contributed by atoms with van der Waals surface area (Å²) < 4.78 is 29.7. The van der Waals surface area contributed by atoms with Crippen molar-refractivity contribution in [2.24, 2.45) is 5.73 Å². The van der Waals surface area contributed by atoms with E-state index in [1.807, 2.05) is 0 Å². The Morgan fingerprint density at radius 2 is 2.19 bits per heavy atom. The van der Waals surface area contributed by atoms with Gasteiger partial charge in [0.25, 0.3) is 0 Å². The van der Waals surface area contributed by atoms with Crippen molar-refractivity contribution in [3.63, 3.8) is 0 Å². The van der Waals surface area contributed by atoms with Gasteiger partial charge in [0.05, 0.1) is 16.1 Å². The van der Waals surface area contributed by atoms with Gasteiger partial charge in [0.15, 0.2) is 11.6 Å². The molecule has 1 amide bonds. The fourth-order valence-corrected chi connectivity index (χ4v) is 3.96. The van der Waals surface area contributed by atoms with E-state index in [1.165, 1.54) is 6.08 Å². The summed E-state index contributed by atoms with van der Waals surface area (Å²) in [6, 6.07) is 0. The van der Waals surface area contributed by atoms with Crippen LogP contribution in [0.4, 0.5) is 8.78 Å². The van der Waals surface area contributed by atoms with Gasteiger partial charge in [-0.25, -0.2) is 8.78 Å². The van der Waals surface area contributed by atoms with E-state index in [-0.39, 0.29) is 34.1 Å².